The predicted octanol–water partition coefficient (Wildman–Crippen LogP) is 10.9. The molecule has 2 aromatic heterocycles. The first-order valence-electron chi connectivity index (χ1n) is 14.1. The van der Waals surface area contributed by atoms with Gasteiger partial charge in [0.2, 0.25) is 5.71 Å². The maximum absolute atomic E-state index is 6.39. The van der Waals surface area contributed by atoms with Crippen LogP contribution in [-0.2, 0) is 0 Å². The molecule has 0 bridgehead atoms. The zero-order chi connectivity index (χ0) is 27.9. The van der Waals surface area contributed by atoms with Gasteiger partial charge in [0.05, 0.1) is 5.69 Å². The zero-order valence-electron chi connectivity index (χ0n) is 22.8. The smallest absolute Gasteiger partial charge is 0.227 e. The molecular formula is C39H26N2O. The number of hydrogen-bond acceptors (Lipinski definition) is 3. The molecule has 0 fully saturated rings. The van der Waals surface area contributed by atoms with Gasteiger partial charge >= 0.3 is 0 Å². The largest absolute Gasteiger partial charge is 0.435 e. The minimum Gasteiger partial charge on any atom is -0.435 e. The molecule has 0 amide bonds. The highest BCUT2D eigenvalue weighted by Gasteiger charge is 2.20. The van der Waals surface area contributed by atoms with E-state index in [4.69, 9.17) is 4.42 Å². The lowest BCUT2D eigenvalue weighted by atomic mass is 9.98. The molecule has 0 N–H and O–H groups in total. The number of furan rings is 1. The van der Waals surface area contributed by atoms with Crippen LogP contribution in [0.2, 0.25) is 0 Å². The van der Waals surface area contributed by atoms with Crippen LogP contribution in [0, 0.1) is 0 Å². The molecule has 3 nitrogen and oxygen atoms in total. The van der Waals surface area contributed by atoms with E-state index in [-0.39, 0.29) is 0 Å². The Morgan fingerprint density at radius 2 is 1.07 bits per heavy atom. The molecule has 0 radical (unpaired) electrons. The van der Waals surface area contributed by atoms with Crippen molar-refractivity contribution in [1.29, 1.82) is 0 Å². The highest BCUT2D eigenvalue weighted by molar-refractivity contribution is 6.09. The van der Waals surface area contributed by atoms with Gasteiger partial charge in [-0.1, -0.05) is 109 Å². The van der Waals surface area contributed by atoms with Gasteiger partial charge in [0, 0.05) is 28.3 Å². The van der Waals surface area contributed by atoms with Crippen molar-refractivity contribution in [1.82, 2.24) is 4.98 Å². The van der Waals surface area contributed by atoms with E-state index in [0.717, 1.165) is 33.4 Å². The quantitative estimate of drug-likeness (QED) is 0.218. The lowest BCUT2D eigenvalue weighted by molar-refractivity contribution is 0.654. The molecule has 3 heteroatoms. The van der Waals surface area contributed by atoms with Crippen LogP contribution in [-0.4, -0.2) is 4.98 Å². The highest BCUT2D eigenvalue weighted by atomic mass is 16.3. The minimum absolute atomic E-state index is 0.644. The van der Waals surface area contributed by atoms with E-state index >= 15 is 0 Å². The Labute approximate surface area is 243 Å². The van der Waals surface area contributed by atoms with Crippen LogP contribution >= 0.6 is 0 Å². The third-order valence-corrected chi connectivity index (χ3v) is 7.95. The average molecular weight is 539 g/mol. The molecule has 0 atom stereocenters. The zero-order valence-corrected chi connectivity index (χ0v) is 22.8. The highest BCUT2D eigenvalue weighted by Crippen LogP contribution is 2.42. The number of benzene rings is 6. The molecule has 0 saturated heterocycles. The summed E-state index contributed by atoms with van der Waals surface area (Å²) in [6.45, 7) is 0. The van der Waals surface area contributed by atoms with Crippen molar-refractivity contribution < 1.29 is 4.42 Å². The molecule has 0 aliphatic heterocycles. The Hall–Kier alpha value is -5.67. The number of hydrogen-bond donors (Lipinski definition) is 0. The van der Waals surface area contributed by atoms with E-state index < -0.39 is 0 Å². The van der Waals surface area contributed by atoms with E-state index in [9.17, 15) is 0 Å². The lowest BCUT2D eigenvalue weighted by Gasteiger charge is -2.26. The third-order valence-electron chi connectivity index (χ3n) is 7.95. The Kier molecular flexibility index (Phi) is 5.79. The van der Waals surface area contributed by atoms with Gasteiger partial charge in [0.15, 0.2) is 5.58 Å². The number of para-hydroxylation sites is 1. The van der Waals surface area contributed by atoms with Crippen LogP contribution in [0.5, 0.6) is 0 Å². The Balaban J connectivity index is 1.28. The monoisotopic (exact) mass is 538 g/mol. The summed E-state index contributed by atoms with van der Waals surface area (Å²) in [6.07, 6.45) is 1.77. The molecule has 0 unspecified atom stereocenters. The van der Waals surface area contributed by atoms with Crippen LogP contribution < -0.4 is 4.90 Å². The fraction of sp³-hybridized carbons (Fsp3) is 0. The van der Waals surface area contributed by atoms with Gasteiger partial charge in [-0.15, -0.1) is 0 Å². The second kappa shape index (κ2) is 10.1. The Morgan fingerprint density at radius 3 is 1.88 bits per heavy atom. The van der Waals surface area contributed by atoms with Gasteiger partial charge in [-0.2, -0.15) is 0 Å². The molecule has 198 valence electrons. The molecule has 0 aliphatic rings. The maximum atomic E-state index is 6.39. The number of nitrogens with zero attached hydrogens (tertiary/aromatic N) is 2. The standard InChI is InChI=1S/C39H26N2O/c1-2-9-27(10-3-1)28-18-22-31(23-19-28)41(37-17-7-15-35-36-16-8-26-40-39(36)42-38(35)37)32-24-20-30(21-25-32)34-14-6-12-29-11-4-5-13-33(29)34/h1-26H. The second-order valence-electron chi connectivity index (χ2n) is 10.4. The second-order valence-corrected chi connectivity index (χ2v) is 10.4. The van der Waals surface area contributed by atoms with Crippen LogP contribution in [0.1, 0.15) is 0 Å². The van der Waals surface area contributed by atoms with Crippen LogP contribution in [0.4, 0.5) is 17.1 Å². The Bertz CT molecular complexity index is 2170. The number of pyridine rings is 1. The fourth-order valence-electron chi connectivity index (χ4n) is 5.92. The molecule has 0 spiro atoms. The topological polar surface area (TPSA) is 29.3 Å². The number of anilines is 3. The van der Waals surface area contributed by atoms with Gasteiger partial charge in [-0.3, -0.25) is 0 Å². The van der Waals surface area contributed by atoms with E-state index in [1.54, 1.807) is 6.20 Å². The summed E-state index contributed by atoms with van der Waals surface area (Å²) >= 11 is 0. The van der Waals surface area contributed by atoms with Crippen molar-refractivity contribution >= 4 is 49.9 Å². The van der Waals surface area contributed by atoms with Crippen molar-refractivity contribution in [2.75, 3.05) is 4.90 Å². The van der Waals surface area contributed by atoms with Gasteiger partial charge in [0.1, 0.15) is 0 Å². The average Bonchev–Trinajstić information content (AvgIpc) is 3.45. The van der Waals surface area contributed by atoms with E-state index in [1.807, 2.05) is 12.1 Å². The molecule has 42 heavy (non-hydrogen) atoms. The third kappa shape index (κ3) is 4.11. The number of rotatable bonds is 5. The predicted molar refractivity (Wildman–Crippen MR) is 175 cm³/mol. The molecular weight excluding hydrogens is 512 g/mol. The summed E-state index contributed by atoms with van der Waals surface area (Å²) in [7, 11) is 0. The molecule has 8 aromatic rings. The molecule has 2 heterocycles. The van der Waals surface area contributed by atoms with Crippen molar-refractivity contribution in [2.24, 2.45) is 0 Å². The van der Waals surface area contributed by atoms with Crippen LogP contribution in [0.25, 0.3) is 55.1 Å². The van der Waals surface area contributed by atoms with Crippen molar-refractivity contribution in [3.05, 3.63) is 158 Å². The molecule has 8 rings (SSSR count). The van der Waals surface area contributed by atoms with Crippen LogP contribution in [0.3, 0.4) is 0 Å². The first-order valence-corrected chi connectivity index (χ1v) is 14.1. The first-order chi connectivity index (χ1) is 20.8. The molecule has 0 aliphatic carbocycles. The maximum Gasteiger partial charge on any atom is 0.227 e. The Morgan fingerprint density at radius 1 is 0.452 bits per heavy atom. The fourth-order valence-corrected chi connectivity index (χ4v) is 5.92. The van der Waals surface area contributed by atoms with E-state index in [2.05, 4.69) is 149 Å². The van der Waals surface area contributed by atoms with Crippen molar-refractivity contribution in [2.45, 2.75) is 0 Å². The van der Waals surface area contributed by atoms with Crippen LogP contribution in [0.15, 0.2) is 162 Å². The summed E-state index contributed by atoms with van der Waals surface area (Å²) < 4.78 is 6.39. The first kappa shape index (κ1) is 24.2. The van der Waals surface area contributed by atoms with Gasteiger partial charge < -0.3 is 9.32 Å². The summed E-state index contributed by atoms with van der Waals surface area (Å²) in [4.78, 5) is 6.76. The summed E-state index contributed by atoms with van der Waals surface area (Å²) in [5, 5.41) is 4.55. The van der Waals surface area contributed by atoms with Crippen molar-refractivity contribution in [3.63, 3.8) is 0 Å². The summed E-state index contributed by atoms with van der Waals surface area (Å²) in [5.41, 5.74) is 9.31. The van der Waals surface area contributed by atoms with E-state index in [0.29, 0.717) is 5.71 Å². The summed E-state index contributed by atoms with van der Waals surface area (Å²) in [5.74, 6) is 0. The van der Waals surface area contributed by atoms with Crippen molar-refractivity contribution in [3.8, 4) is 22.3 Å². The lowest BCUT2D eigenvalue weighted by Crippen LogP contribution is -2.10. The summed E-state index contributed by atoms with van der Waals surface area (Å²) in [6, 6.07) is 53.4. The van der Waals surface area contributed by atoms with E-state index in [1.165, 1.54) is 33.0 Å². The normalized spacial score (nSPS) is 11.3. The molecule has 0 saturated carbocycles. The van der Waals surface area contributed by atoms with Gasteiger partial charge in [-0.05, 0) is 75.5 Å². The van der Waals surface area contributed by atoms with Gasteiger partial charge in [-0.25, -0.2) is 4.98 Å². The van der Waals surface area contributed by atoms with Gasteiger partial charge in [0.25, 0.3) is 0 Å². The number of aromatic nitrogens is 1. The molecule has 6 aromatic carbocycles. The SMILES string of the molecule is c1ccc(-c2ccc(N(c3ccc(-c4cccc5ccccc45)cc3)c3cccc4c3oc3ncccc34)cc2)cc1. The number of fused-ring (bicyclic) bond motifs is 4. The minimum atomic E-state index is 0.644.